The van der Waals surface area contributed by atoms with Gasteiger partial charge in [0.25, 0.3) is 10.0 Å². The Morgan fingerprint density at radius 3 is 2.49 bits per heavy atom. The van der Waals surface area contributed by atoms with Crippen LogP contribution in [-0.4, -0.2) is 47.2 Å². The quantitative estimate of drug-likeness (QED) is 0.453. The maximum Gasteiger partial charge on any atom is 0.264 e. The first-order chi connectivity index (χ1) is 16.8. The predicted molar refractivity (Wildman–Crippen MR) is 128 cm³/mol. The van der Waals surface area contributed by atoms with Gasteiger partial charge in [0.1, 0.15) is 37.9 Å². The highest BCUT2D eigenvalue weighted by atomic mass is 32.2. The zero-order valence-corrected chi connectivity index (χ0v) is 19.9. The molecule has 0 aliphatic carbocycles. The summed E-state index contributed by atoms with van der Waals surface area (Å²) in [6.07, 6.45) is 0. The molecule has 3 aromatic rings. The second-order valence-corrected chi connectivity index (χ2v) is 9.62. The van der Waals surface area contributed by atoms with Gasteiger partial charge in [-0.15, -0.1) is 0 Å². The largest absolute Gasteiger partial charge is 0.491 e. The van der Waals surface area contributed by atoms with Crippen LogP contribution in [0.1, 0.15) is 5.56 Å². The van der Waals surface area contributed by atoms with Crippen molar-refractivity contribution in [3.63, 3.8) is 0 Å². The summed E-state index contributed by atoms with van der Waals surface area (Å²) in [5, 5.41) is 2.67. The lowest BCUT2D eigenvalue weighted by molar-refractivity contribution is -0.119. The van der Waals surface area contributed by atoms with Crippen molar-refractivity contribution in [2.75, 3.05) is 37.2 Å². The van der Waals surface area contributed by atoms with Crippen molar-refractivity contribution < 1.29 is 31.8 Å². The second kappa shape index (κ2) is 10.6. The van der Waals surface area contributed by atoms with Crippen molar-refractivity contribution in [1.29, 1.82) is 0 Å². The topological polar surface area (TPSA) is 94.2 Å². The van der Waals surface area contributed by atoms with E-state index in [1.807, 2.05) is 31.2 Å². The number of aryl methyl sites for hydroxylation is 1. The number of hydrogen-bond acceptors (Lipinski definition) is 6. The lowest BCUT2D eigenvalue weighted by Gasteiger charge is -2.25. The number of carbonyl (C=O) groups is 1. The summed E-state index contributed by atoms with van der Waals surface area (Å²) >= 11 is 0. The highest BCUT2D eigenvalue weighted by molar-refractivity contribution is 7.92. The minimum atomic E-state index is -4.19. The summed E-state index contributed by atoms with van der Waals surface area (Å²) in [7, 11) is -4.19. The first kappa shape index (κ1) is 24.3. The summed E-state index contributed by atoms with van der Waals surface area (Å²) in [6, 6.07) is 16.6. The van der Waals surface area contributed by atoms with Crippen molar-refractivity contribution in [3.8, 4) is 17.2 Å². The highest BCUT2D eigenvalue weighted by Gasteiger charge is 2.29. The van der Waals surface area contributed by atoms with Crippen LogP contribution >= 0.6 is 0 Å². The third-order valence-electron chi connectivity index (χ3n) is 5.28. The Labute approximate surface area is 203 Å². The van der Waals surface area contributed by atoms with Crippen LogP contribution in [-0.2, 0) is 14.8 Å². The minimum absolute atomic E-state index is 0.0817. The number of rotatable bonds is 9. The maximum atomic E-state index is 13.5. The molecule has 0 fully saturated rings. The van der Waals surface area contributed by atoms with Crippen LogP contribution in [0.3, 0.4) is 0 Å². The van der Waals surface area contributed by atoms with Crippen LogP contribution in [0.15, 0.2) is 71.6 Å². The number of halogens is 1. The van der Waals surface area contributed by atoms with Crippen LogP contribution < -0.4 is 23.8 Å². The van der Waals surface area contributed by atoms with E-state index in [-0.39, 0.29) is 23.7 Å². The van der Waals surface area contributed by atoms with E-state index in [9.17, 15) is 17.6 Å². The number of nitrogens with one attached hydrogen (secondary N) is 1. The molecule has 1 aliphatic heterocycles. The SMILES string of the molecule is Cc1ccccc1OCCNC(=O)CN(c1ccc(F)cc1)S(=O)(=O)c1ccc2c(c1)OCCO2. The van der Waals surface area contributed by atoms with Crippen molar-refractivity contribution in [3.05, 3.63) is 78.1 Å². The molecule has 4 rings (SSSR count). The Bertz CT molecular complexity index is 1300. The Hall–Kier alpha value is -3.79. The Balaban J connectivity index is 1.49. The van der Waals surface area contributed by atoms with E-state index in [0.717, 1.165) is 22.0 Å². The number of amides is 1. The number of anilines is 1. The smallest absolute Gasteiger partial charge is 0.264 e. The lowest BCUT2D eigenvalue weighted by Crippen LogP contribution is -2.42. The Morgan fingerprint density at radius 1 is 1.03 bits per heavy atom. The van der Waals surface area contributed by atoms with E-state index in [4.69, 9.17) is 14.2 Å². The van der Waals surface area contributed by atoms with Crippen molar-refractivity contribution in [2.24, 2.45) is 0 Å². The van der Waals surface area contributed by atoms with Gasteiger partial charge in [-0.05, 0) is 55.0 Å². The van der Waals surface area contributed by atoms with Gasteiger partial charge in [-0.25, -0.2) is 12.8 Å². The minimum Gasteiger partial charge on any atom is -0.491 e. The van der Waals surface area contributed by atoms with E-state index in [0.29, 0.717) is 30.5 Å². The summed E-state index contributed by atoms with van der Waals surface area (Å²) in [6.45, 7) is 2.46. The molecule has 0 saturated carbocycles. The normalized spacial score (nSPS) is 12.6. The van der Waals surface area contributed by atoms with E-state index < -0.39 is 28.3 Å². The van der Waals surface area contributed by atoms with Gasteiger partial charge >= 0.3 is 0 Å². The molecule has 1 amide bonds. The zero-order valence-electron chi connectivity index (χ0n) is 19.1. The van der Waals surface area contributed by atoms with Crippen LogP contribution in [0.5, 0.6) is 17.2 Å². The van der Waals surface area contributed by atoms with Crippen molar-refractivity contribution in [2.45, 2.75) is 11.8 Å². The molecule has 1 N–H and O–H groups in total. The number of benzene rings is 3. The molecular weight excluding hydrogens is 475 g/mol. The van der Waals surface area contributed by atoms with Gasteiger partial charge < -0.3 is 19.5 Å². The number of para-hydroxylation sites is 1. The molecule has 1 heterocycles. The van der Waals surface area contributed by atoms with Crippen molar-refractivity contribution in [1.82, 2.24) is 5.32 Å². The molecule has 1 aliphatic rings. The summed E-state index contributed by atoms with van der Waals surface area (Å²) < 4.78 is 58.1. The average molecular weight is 501 g/mol. The van der Waals surface area contributed by atoms with E-state index in [1.54, 1.807) is 0 Å². The average Bonchev–Trinajstić information content (AvgIpc) is 2.86. The zero-order chi connectivity index (χ0) is 24.8. The van der Waals surface area contributed by atoms with E-state index in [1.165, 1.54) is 30.3 Å². The second-order valence-electron chi connectivity index (χ2n) is 7.76. The highest BCUT2D eigenvalue weighted by Crippen LogP contribution is 2.34. The van der Waals surface area contributed by atoms with E-state index >= 15 is 0 Å². The van der Waals surface area contributed by atoms with Crippen molar-refractivity contribution >= 4 is 21.6 Å². The molecule has 0 unspecified atom stereocenters. The van der Waals surface area contributed by atoms with Gasteiger partial charge in [-0.1, -0.05) is 18.2 Å². The number of sulfonamides is 1. The molecule has 0 saturated heterocycles. The van der Waals surface area contributed by atoms with Gasteiger partial charge in [-0.2, -0.15) is 0 Å². The number of carbonyl (C=O) groups excluding carboxylic acids is 1. The van der Waals surface area contributed by atoms with Crippen LogP contribution in [0.4, 0.5) is 10.1 Å². The lowest BCUT2D eigenvalue weighted by atomic mass is 10.2. The fourth-order valence-corrected chi connectivity index (χ4v) is 4.93. The molecule has 0 aromatic heterocycles. The molecule has 0 atom stereocenters. The van der Waals surface area contributed by atoms with Crippen LogP contribution in [0.2, 0.25) is 0 Å². The van der Waals surface area contributed by atoms with Gasteiger partial charge in [0.15, 0.2) is 11.5 Å². The van der Waals surface area contributed by atoms with Crippen LogP contribution in [0.25, 0.3) is 0 Å². The molecule has 8 nitrogen and oxygen atoms in total. The fourth-order valence-electron chi connectivity index (χ4n) is 3.49. The maximum absolute atomic E-state index is 13.5. The standard InChI is InChI=1S/C25H25FN2O6S/c1-18-4-2-3-5-22(18)32-13-12-27-25(29)17-28(20-8-6-19(26)7-9-20)35(30,31)21-10-11-23-24(16-21)34-15-14-33-23/h2-11,16H,12-15,17H2,1H3,(H,27,29). The molecule has 184 valence electrons. The molecule has 0 bridgehead atoms. The molecule has 0 spiro atoms. The van der Waals surface area contributed by atoms with E-state index in [2.05, 4.69) is 5.32 Å². The predicted octanol–water partition coefficient (Wildman–Crippen LogP) is 3.30. The third kappa shape index (κ3) is 5.83. The fraction of sp³-hybridized carbons (Fsp3) is 0.240. The van der Waals surface area contributed by atoms with Gasteiger partial charge in [0.2, 0.25) is 5.91 Å². The number of hydrogen-bond donors (Lipinski definition) is 1. The Morgan fingerprint density at radius 2 is 1.74 bits per heavy atom. The number of fused-ring (bicyclic) bond motifs is 1. The molecule has 3 aromatic carbocycles. The number of ether oxygens (including phenoxy) is 3. The first-order valence-corrected chi connectivity index (χ1v) is 12.4. The van der Waals surface area contributed by atoms with Gasteiger partial charge in [0.05, 0.1) is 17.1 Å². The molecule has 10 heteroatoms. The number of nitrogens with zero attached hydrogens (tertiary/aromatic N) is 1. The monoisotopic (exact) mass is 500 g/mol. The van der Waals surface area contributed by atoms with Gasteiger partial charge in [-0.3, -0.25) is 9.10 Å². The molecule has 35 heavy (non-hydrogen) atoms. The summed E-state index contributed by atoms with van der Waals surface area (Å²) in [5.41, 5.74) is 1.11. The van der Waals surface area contributed by atoms with Gasteiger partial charge in [0, 0.05) is 6.07 Å². The van der Waals surface area contributed by atoms with Crippen LogP contribution in [0, 0.1) is 12.7 Å². The summed E-state index contributed by atoms with van der Waals surface area (Å²) in [4.78, 5) is 12.6. The third-order valence-corrected chi connectivity index (χ3v) is 7.05. The summed E-state index contributed by atoms with van der Waals surface area (Å²) in [5.74, 6) is 0.382. The Kier molecular flexibility index (Phi) is 7.40. The molecule has 0 radical (unpaired) electrons. The molecular formula is C25H25FN2O6S. The first-order valence-electron chi connectivity index (χ1n) is 11.0.